The highest BCUT2D eigenvalue weighted by atomic mass is 19.4. The monoisotopic (exact) mass is 318 g/mol. The second kappa shape index (κ2) is 4.48. The van der Waals surface area contributed by atoms with E-state index in [1.165, 1.54) is 0 Å². The molecule has 0 spiro atoms. The highest BCUT2D eigenvalue weighted by Crippen LogP contribution is 2.53. The van der Waals surface area contributed by atoms with Gasteiger partial charge < -0.3 is 0 Å². The molecule has 0 heterocycles. The van der Waals surface area contributed by atoms with E-state index in [4.69, 9.17) is 0 Å². The third-order valence-corrected chi connectivity index (χ3v) is 2.18. The zero-order valence-electron chi connectivity index (χ0n) is 8.73. The Morgan fingerprint density at radius 1 is 0.650 bits per heavy atom. The molecule has 114 valence electrons. The summed E-state index contributed by atoms with van der Waals surface area (Å²) >= 11 is 0. The average Bonchev–Trinajstić information content (AvgIpc) is 2.24. The Labute approximate surface area is 102 Å². The van der Waals surface area contributed by atoms with Crippen molar-refractivity contribution in [3.63, 3.8) is 0 Å². The van der Waals surface area contributed by atoms with E-state index in [9.17, 15) is 48.3 Å². The lowest BCUT2D eigenvalue weighted by atomic mass is 10.00. The van der Waals surface area contributed by atoms with E-state index in [1.54, 1.807) is 0 Å². The standard InChI is InChI=1S/C9HF11/c10-2-1-3(11)6(13)4(5(2)12)7(14,15)8(16,17)9(18,19)20/h1H. The Bertz CT molecular complexity index is 501. The first kappa shape index (κ1) is 16.5. The van der Waals surface area contributed by atoms with E-state index in [2.05, 4.69) is 0 Å². The number of hydrogen-bond acceptors (Lipinski definition) is 0. The minimum atomic E-state index is -6.94. The lowest BCUT2D eigenvalue weighted by molar-refractivity contribution is -0.360. The van der Waals surface area contributed by atoms with Crippen molar-refractivity contribution < 1.29 is 48.3 Å². The van der Waals surface area contributed by atoms with Gasteiger partial charge in [0.05, 0.1) is 0 Å². The summed E-state index contributed by atoms with van der Waals surface area (Å²) < 4.78 is 138. The van der Waals surface area contributed by atoms with Crippen LogP contribution >= 0.6 is 0 Å². The van der Waals surface area contributed by atoms with Gasteiger partial charge in [-0.3, -0.25) is 0 Å². The fourth-order valence-electron chi connectivity index (χ4n) is 1.18. The van der Waals surface area contributed by atoms with Crippen molar-refractivity contribution in [3.8, 4) is 0 Å². The molecule has 0 radical (unpaired) electrons. The molecule has 0 N–H and O–H groups in total. The molecule has 0 aliphatic heterocycles. The van der Waals surface area contributed by atoms with Gasteiger partial charge in [-0.1, -0.05) is 0 Å². The molecule has 0 aromatic heterocycles. The highest BCUT2D eigenvalue weighted by Gasteiger charge is 2.75. The Kier molecular flexibility index (Phi) is 3.70. The fraction of sp³-hybridized carbons (Fsp3) is 0.333. The summed E-state index contributed by atoms with van der Waals surface area (Å²) in [5, 5.41) is 0. The molecule has 1 rings (SSSR count). The van der Waals surface area contributed by atoms with E-state index in [1.807, 2.05) is 0 Å². The summed E-state index contributed by atoms with van der Waals surface area (Å²) in [5.41, 5.74) is -3.34. The first-order chi connectivity index (χ1) is 8.75. The van der Waals surface area contributed by atoms with Gasteiger partial charge in [0.1, 0.15) is 5.56 Å². The maximum absolute atomic E-state index is 13.0. The van der Waals surface area contributed by atoms with Gasteiger partial charge in [0.15, 0.2) is 23.3 Å². The predicted molar refractivity (Wildman–Crippen MR) is 41.2 cm³/mol. The summed E-state index contributed by atoms with van der Waals surface area (Å²) in [6.45, 7) is 0. The largest absolute Gasteiger partial charge is 0.460 e. The quantitative estimate of drug-likeness (QED) is 0.555. The number of alkyl halides is 7. The van der Waals surface area contributed by atoms with Crippen molar-refractivity contribution in [2.75, 3.05) is 0 Å². The first-order valence-corrected chi connectivity index (χ1v) is 4.41. The van der Waals surface area contributed by atoms with Crippen molar-refractivity contribution in [1.82, 2.24) is 0 Å². The van der Waals surface area contributed by atoms with Crippen LogP contribution in [0, 0.1) is 23.3 Å². The molecule has 0 aliphatic rings. The van der Waals surface area contributed by atoms with Crippen LogP contribution in [0.25, 0.3) is 0 Å². The Morgan fingerprint density at radius 2 is 1.00 bits per heavy atom. The molecule has 0 unspecified atom stereocenters. The fourth-order valence-corrected chi connectivity index (χ4v) is 1.18. The molecule has 0 amide bonds. The normalized spacial score (nSPS) is 13.8. The molecule has 0 saturated heterocycles. The van der Waals surface area contributed by atoms with Crippen LogP contribution in [0.4, 0.5) is 48.3 Å². The summed E-state index contributed by atoms with van der Waals surface area (Å²) in [4.78, 5) is 0. The minimum absolute atomic E-state index is 0.615. The number of halogens is 11. The van der Waals surface area contributed by atoms with Crippen LogP contribution < -0.4 is 0 Å². The smallest absolute Gasteiger partial charge is 0.204 e. The predicted octanol–water partition coefficient (Wildman–Crippen LogP) is 4.53. The SMILES string of the molecule is Fc1cc(F)c(F)c(C(F)(F)C(F)(F)C(F)(F)F)c1F. The third-order valence-electron chi connectivity index (χ3n) is 2.18. The molecule has 0 atom stereocenters. The Morgan fingerprint density at radius 3 is 1.30 bits per heavy atom. The summed E-state index contributed by atoms with van der Waals surface area (Å²) in [7, 11) is 0. The van der Waals surface area contributed by atoms with Crippen LogP contribution in [0.2, 0.25) is 0 Å². The van der Waals surface area contributed by atoms with Gasteiger partial charge in [0.2, 0.25) is 0 Å². The molecule has 0 bridgehead atoms. The zero-order valence-corrected chi connectivity index (χ0v) is 8.73. The average molecular weight is 318 g/mol. The summed E-state index contributed by atoms with van der Waals surface area (Å²) in [5.74, 6) is -24.7. The van der Waals surface area contributed by atoms with Gasteiger partial charge in [0, 0.05) is 6.07 Å². The van der Waals surface area contributed by atoms with E-state index >= 15 is 0 Å². The topological polar surface area (TPSA) is 0 Å². The Balaban J connectivity index is 3.67. The maximum Gasteiger partial charge on any atom is 0.460 e. The first-order valence-electron chi connectivity index (χ1n) is 4.41. The number of hydrogen-bond donors (Lipinski definition) is 0. The van der Waals surface area contributed by atoms with Crippen LogP contribution in [0.1, 0.15) is 5.56 Å². The molecule has 1 aromatic carbocycles. The van der Waals surface area contributed by atoms with Crippen molar-refractivity contribution >= 4 is 0 Å². The van der Waals surface area contributed by atoms with Crippen molar-refractivity contribution in [2.24, 2.45) is 0 Å². The second-order valence-electron chi connectivity index (χ2n) is 3.49. The van der Waals surface area contributed by atoms with E-state index < -0.39 is 52.9 Å². The van der Waals surface area contributed by atoms with E-state index in [-0.39, 0.29) is 0 Å². The van der Waals surface area contributed by atoms with E-state index in [0.717, 1.165) is 0 Å². The highest BCUT2D eigenvalue weighted by molar-refractivity contribution is 5.29. The van der Waals surface area contributed by atoms with Gasteiger partial charge in [-0.15, -0.1) is 0 Å². The molecule has 0 aliphatic carbocycles. The van der Waals surface area contributed by atoms with Crippen LogP contribution in [-0.2, 0) is 5.92 Å². The van der Waals surface area contributed by atoms with E-state index in [0.29, 0.717) is 0 Å². The van der Waals surface area contributed by atoms with Crippen LogP contribution in [0.5, 0.6) is 0 Å². The van der Waals surface area contributed by atoms with Crippen LogP contribution in [-0.4, -0.2) is 12.1 Å². The lowest BCUT2D eigenvalue weighted by Crippen LogP contribution is -2.51. The maximum atomic E-state index is 13.0. The molecule has 0 fully saturated rings. The van der Waals surface area contributed by atoms with Crippen molar-refractivity contribution in [3.05, 3.63) is 34.9 Å². The van der Waals surface area contributed by atoms with Gasteiger partial charge in [-0.25, -0.2) is 17.6 Å². The van der Waals surface area contributed by atoms with Crippen molar-refractivity contribution in [2.45, 2.75) is 18.0 Å². The molecule has 1 aromatic rings. The minimum Gasteiger partial charge on any atom is -0.204 e. The molecule has 11 heteroatoms. The van der Waals surface area contributed by atoms with Gasteiger partial charge >= 0.3 is 18.0 Å². The molecule has 0 saturated carbocycles. The molecule has 20 heavy (non-hydrogen) atoms. The third kappa shape index (κ3) is 2.18. The zero-order chi connectivity index (χ0) is 16.1. The summed E-state index contributed by atoms with van der Waals surface area (Å²) in [6.07, 6.45) is -6.90. The lowest BCUT2D eigenvalue weighted by Gasteiger charge is -2.28. The van der Waals surface area contributed by atoms with Crippen LogP contribution in [0.15, 0.2) is 6.07 Å². The van der Waals surface area contributed by atoms with Gasteiger partial charge in [0.25, 0.3) is 0 Å². The second-order valence-corrected chi connectivity index (χ2v) is 3.49. The van der Waals surface area contributed by atoms with Crippen LogP contribution in [0.3, 0.4) is 0 Å². The number of rotatable bonds is 2. The van der Waals surface area contributed by atoms with Gasteiger partial charge in [-0.2, -0.15) is 30.7 Å². The van der Waals surface area contributed by atoms with Crippen molar-refractivity contribution in [1.29, 1.82) is 0 Å². The molecular formula is C9HF11. The molecule has 0 nitrogen and oxygen atoms in total. The molecular weight excluding hydrogens is 317 g/mol. The Hall–Kier alpha value is -1.55. The number of benzene rings is 1. The van der Waals surface area contributed by atoms with Gasteiger partial charge in [-0.05, 0) is 0 Å². The summed E-state index contributed by atoms with van der Waals surface area (Å²) in [6, 6.07) is -0.615.